The number of rotatable bonds is 8. The Morgan fingerprint density at radius 1 is 1.21 bits per heavy atom. The summed E-state index contributed by atoms with van der Waals surface area (Å²) < 4.78 is 5.29. The van der Waals surface area contributed by atoms with E-state index in [9.17, 15) is 9.59 Å². The second-order valence-electron chi connectivity index (χ2n) is 5.59. The molecule has 0 fully saturated rings. The zero-order chi connectivity index (χ0) is 17.5. The Bertz CT molecular complexity index is 684. The van der Waals surface area contributed by atoms with Crippen LogP contribution < -0.4 is 5.32 Å². The van der Waals surface area contributed by atoms with Crippen LogP contribution in [0.3, 0.4) is 0 Å². The second kappa shape index (κ2) is 8.59. The zero-order valence-corrected chi connectivity index (χ0v) is 14.5. The van der Waals surface area contributed by atoms with Crippen molar-refractivity contribution in [3.8, 4) is 0 Å². The molecule has 1 heterocycles. The minimum atomic E-state index is -0.901. The van der Waals surface area contributed by atoms with Crippen LogP contribution in [0.25, 0.3) is 0 Å². The molecule has 0 aliphatic carbocycles. The summed E-state index contributed by atoms with van der Waals surface area (Å²) in [5, 5.41) is 11.4. The molecular formula is C18H21NO4S. The summed E-state index contributed by atoms with van der Waals surface area (Å²) >= 11 is 1.17. The van der Waals surface area contributed by atoms with Gasteiger partial charge in [0.15, 0.2) is 0 Å². The Labute approximate surface area is 145 Å². The summed E-state index contributed by atoms with van der Waals surface area (Å²) in [6.45, 7) is 3.55. The number of furan rings is 1. The maximum absolute atomic E-state index is 12.5. The lowest BCUT2D eigenvalue weighted by Crippen LogP contribution is -2.33. The normalized spacial score (nSPS) is 13.2. The van der Waals surface area contributed by atoms with Gasteiger partial charge in [-0.2, -0.15) is 0 Å². The number of carboxylic acids is 1. The van der Waals surface area contributed by atoms with E-state index in [1.807, 2.05) is 19.1 Å². The first-order valence-corrected chi connectivity index (χ1v) is 8.67. The van der Waals surface area contributed by atoms with Crippen LogP contribution in [0, 0.1) is 0 Å². The van der Waals surface area contributed by atoms with Gasteiger partial charge in [-0.05, 0) is 44.5 Å². The van der Waals surface area contributed by atoms with Crippen molar-refractivity contribution < 1.29 is 19.1 Å². The standard InChI is InChI=1S/C18H21NO4S/c1-12(9-10-14-6-5-11-23-14)19-17(20)15-7-3-4-8-16(15)24-13(2)18(21)22/h3-8,11-13H,9-10H2,1-2H3,(H,19,20)(H,21,22). The Morgan fingerprint density at radius 2 is 1.96 bits per heavy atom. The molecule has 0 saturated carbocycles. The van der Waals surface area contributed by atoms with Gasteiger partial charge in [-0.1, -0.05) is 12.1 Å². The summed E-state index contributed by atoms with van der Waals surface area (Å²) in [7, 11) is 0. The van der Waals surface area contributed by atoms with Gasteiger partial charge >= 0.3 is 5.97 Å². The lowest BCUT2D eigenvalue weighted by atomic mass is 10.1. The molecule has 0 aliphatic rings. The number of carboxylic acid groups (broad SMARTS) is 1. The molecule has 2 rings (SSSR count). The lowest BCUT2D eigenvalue weighted by molar-refractivity contribution is -0.136. The molecule has 5 nitrogen and oxygen atoms in total. The van der Waals surface area contributed by atoms with Crippen LogP contribution in [-0.4, -0.2) is 28.3 Å². The SMILES string of the molecule is CC(CCc1ccco1)NC(=O)c1ccccc1SC(C)C(=O)O. The van der Waals surface area contributed by atoms with Crippen molar-refractivity contribution in [3.05, 3.63) is 54.0 Å². The fourth-order valence-electron chi connectivity index (χ4n) is 2.19. The monoisotopic (exact) mass is 347 g/mol. The first-order valence-electron chi connectivity index (χ1n) is 7.79. The zero-order valence-electron chi connectivity index (χ0n) is 13.7. The molecule has 0 spiro atoms. The number of benzene rings is 1. The van der Waals surface area contributed by atoms with Crippen molar-refractivity contribution in [1.82, 2.24) is 5.32 Å². The second-order valence-corrected chi connectivity index (χ2v) is 6.97. The van der Waals surface area contributed by atoms with Crippen LogP contribution in [-0.2, 0) is 11.2 Å². The molecular weight excluding hydrogens is 326 g/mol. The molecule has 24 heavy (non-hydrogen) atoms. The molecule has 0 saturated heterocycles. The average molecular weight is 347 g/mol. The predicted octanol–water partition coefficient (Wildman–Crippen LogP) is 3.60. The summed E-state index contributed by atoms with van der Waals surface area (Å²) in [6, 6.07) is 10.8. The molecule has 0 radical (unpaired) electrons. The van der Waals surface area contributed by atoms with Crippen molar-refractivity contribution >= 4 is 23.6 Å². The first-order chi connectivity index (χ1) is 11.5. The van der Waals surface area contributed by atoms with Crippen LogP contribution in [0.1, 0.15) is 36.4 Å². The van der Waals surface area contributed by atoms with Crippen molar-refractivity contribution in [2.45, 2.75) is 42.9 Å². The summed E-state index contributed by atoms with van der Waals surface area (Å²) in [5.41, 5.74) is 0.500. The third kappa shape index (κ3) is 5.16. The van der Waals surface area contributed by atoms with Gasteiger partial charge in [-0.25, -0.2) is 0 Å². The van der Waals surface area contributed by atoms with Crippen LogP contribution in [0.5, 0.6) is 0 Å². The molecule has 128 valence electrons. The number of thioether (sulfide) groups is 1. The van der Waals surface area contributed by atoms with E-state index in [-0.39, 0.29) is 11.9 Å². The highest BCUT2D eigenvalue weighted by Crippen LogP contribution is 2.27. The molecule has 6 heteroatoms. The van der Waals surface area contributed by atoms with Gasteiger partial charge in [0.2, 0.25) is 0 Å². The molecule has 0 bridgehead atoms. The van der Waals surface area contributed by atoms with Crippen LogP contribution in [0.4, 0.5) is 0 Å². The highest BCUT2D eigenvalue weighted by atomic mass is 32.2. The van der Waals surface area contributed by atoms with Crippen molar-refractivity contribution in [2.75, 3.05) is 0 Å². The minimum Gasteiger partial charge on any atom is -0.480 e. The van der Waals surface area contributed by atoms with Gasteiger partial charge in [0, 0.05) is 17.4 Å². The maximum atomic E-state index is 12.5. The van der Waals surface area contributed by atoms with E-state index in [1.54, 1.807) is 37.5 Å². The molecule has 1 aromatic carbocycles. The third-order valence-electron chi connectivity index (χ3n) is 3.56. The summed E-state index contributed by atoms with van der Waals surface area (Å²) in [5.74, 6) is -0.202. The minimum absolute atomic E-state index is 0.0162. The summed E-state index contributed by atoms with van der Waals surface area (Å²) in [4.78, 5) is 24.2. The van der Waals surface area contributed by atoms with E-state index in [4.69, 9.17) is 9.52 Å². The number of carbonyl (C=O) groups excluding carboxylic acids is 1. The van der Waals surface area contributed by atoms with Crippen molar-refractivity contribution in [2.24, 2.45) is 0 Å². The Balaban J connectivity index is 1.97. The largest absolute Gasteiger partial charge is 0.480 e. The van der Waals surface area contributed by atoms with E-state index in [0.29, 0.717) is 10.5 Å². The van der Waals surface area contributed by atoms with Crippen LogP contribution >= 0.6 is 11.8 Å². The van der Waals surface area contributed by atoms with E-state index < -0.39 is 11.2 Å². The Hall–Kier alpha value is -2.21. The summed E-state index contributed by atoms with van der Waals surface area (Å²) in [6.07, 6.45) is 3.15. The number of amides is 1. The van der Waals surface area contributed by atoms with Gasteiger partial charge in [0.25, 0.3) is 5.91 Å². The van der Waals surface area contributed by atoms with Gasteiger partial charge in [0.05, 0.1) is 11.8 Å². The van der Waals surface area contributed by atoms with Crippen molar-refractivity contribution in [1.29, 1.82) is 0 Å². The fourth-order valence-corrected chi connectivity index (χ4v) is 3.11. The number of nitrogens with one attached hydrogen (secondary N) is 1. The molecule has 0 aliphatic heterocycles. The van der Waals surface area contributed by atoms with Gasteiger partial charge in [0.1, 0.15) is 11.0 Å². The molecule has 2 atom stereocenters. The fraction of sp³-hybridized carbons (Fsp3) is 0.333. The first kappa shape index (κ1) is 18.1. The molecule has 2 aromatic rings. The Morgan fingerprint density at radius 3 is 2.62 bits per heavy atom. The smallest absolute Gasteiger partial charge is 0.316 e. The highest BCUT2D eigenvalue weighted by molar-refractivity contribution is 8.00. The Kier molecular flexibility index (Phi) is 6.49. The number of carbonyl (C=O) groups is 2. The maximum Gasteiger partial charge on any atom is 0.316 e. The lowest BCUT2D eigenvalue weighted by Gasteiger charge is -2.16. The van der Waals surface area contributed by atoms with E-state index >= 15 is 0 Å². The van der Waals surface area contributed by atoms with E-state index in [2.05, 4.69) is 5.32 Å². The molecule has 1 aromatic heterocycles. The van der Waals surface area contributed by atoms with Gasteiger partial charge in [-0.3, -0.25) is 9.59 Å². The quantitative estimate of drug-likeness (QED) is 0.713. The molecule has 2 N–H and O–H groups in total. The topological polar surface area (TPSA) is 79.5 Å². The van der Waals surface area contributed by atoms with E-state index in [1.165, 1.54) is 11.8 Å². The average Bonchev–Trinajstić information content (AvgIpc) is 3.06. The van der Waals surface area contributed by atoms with Gasteiger partial charge in [-0.15, -0.1) is 11.8 Å². The van der Waals surface area contributed by atoms with E-state index in [0.717, 1.165) is 18.6 Å². The number of hydrogen-bond acceptors (Lipinski definition) is 4. The highest BCUT2D eigenvalue weighted by Gasteiger charge is 2.18. The molecule has 2 unspecified atom stereocenters. The number of aryl methyl sites for hydroxylation is 1. The predicted molar refractivity (Wildman–Crippen MR) is 93.4 cm³/mol. The molecule has 1 amide bonds. The third-order valence-corrected chi connectivity index (χ3v) is 4.73. The van der Waals surface area contributed by atoms with Crippen molar-refractivity contribution in [3.63, 3.8) is 0 Å². The van der Waals surface area contributed by atoms with Crippen LogP contribution in [0.15, 0.2) is 52.0 Å². The van der Waals surface area contributed by atoms with Crippen LogP contribution in [0.2, 0.25) is 0 Å². The number of hydrogen-bond donors (Lipinski definition) is 2. The number of aliphatic carboxylic acids is 1. The van der Waals surface area contributed by atoms with Gasteiger partial charge < -0.3 is 14.8 Å².